The van der Waals surface area contributed by atoms with Crippen LogP contribution < -0.4 is 10.1 Å². The van der Waals surface area contributed by atoms with Gasteiger partial charge in [-0.2, -0.15) is 0 Å². The quantitative estimate of drug-likeness (QED) is 0.622. The Morgan fingerprint density at radius 3 is 2.94 bits per heavy atom. The highest BCUT2D eigenvalue weighted by Crippen LogP contribution is 2.21. The van der Waals surface area contributed by atoms with Crippen LogP contribution >= 0.6 is 11.6 Å². The van der Waals surface area contributed by atoms with Gasteiger partial charge in [0.1, 0.15) is 5.75 Å². The van der Waals surface area contributed by atoms with Gasteiger partial charge in [-0.05, 0) is 18.2 Å². The van der Waals surface area contributed by atoms with Crippen LogP contribution in [0, 0.1) is 0 Å². The molecule has 0 aromatic heterocycles. The summed E-state index contributed by atoms with van der Waals surface area (Å²) in [5.74, 6) is 0.0508. The Morgan fingerprint density at radius 2 is 2.29 bits per heavy atom. The van der Waals surface area contributed by atoms with E-state index in [2.05, 4.69) is 11.9 Å². The van der Waals surface area contributed by atoms with Crippen molar-refractivity contribution in [3.8, 4) is 5.75 Å². The van der Waals surface area contributed by atoms with Gasteiger partial charge in [0.15, 0.2) is 12.9 Å². The Bertz CT molecular complexity index is 432. The topological polar surface area (TPSA) is 55.4 Å². The van der Waals surface area contributed by atoms with Crippen molar-refractivity contribution in [1.82, 2.24) is 5.32 Å². The van der Waals surface area contributed by atoms with Gasteiger partial charge in [-0.1, -0.05) is 17.7 Å². The van der Waals surface area contributed by atoms with Gasteiger partial charge < -0.3 is 10.1 Å². The second-order valence-corrected chi connectivity index (χ2v) is 3.62. The summed E-state index contributed by atoms with van der Waals surface area (Å²) in [5.41, 5.74) is 0.314. The highest BCUT2D eigenvalue weighted by molar-refractivity contribution is 6.30. The smallest absolute Gasteiger partial charge is 0.258 e. The lowest BCUT2D eigenvalue weighted by atomic mass is 10.2. The molecular formula is C12H12ClNO3. The first kappa shape index (κ1) is 13.3. The molecule has 0 radical (unpaired) electrons. The number of nitrogens with one attached hydrogen (secondary N) is 1. The molecule has 0 aliphatic carbocycles. The van der Waals surface area contributed by atoms with Crippen molar-refractivity contribution in [2.75, 3.05) is 13.2 Å². The number of ether oxygens (including phenoxy) is 1. The Labute approximate surface area is 104 Å². The van der Waals surface area contributed by atoms with E-state index < -0.39 is 0 Å². The SMILES string of the molecule is C=CCNC(=O)COc1ccc(Cl)cc1C=O. The number of aldehydes is 1. The van der Waals surface area contributed by atoms with Gasteiger partial charge >= 0.3 is 0 Å². The standard InChI is InChI=1S/C12H12ClNO3/c1-2-5-14-12(16)8-17-11-4-3-10(13)6-9(11)7-15/h2-4,6-7H,1,5,8H2,(H,14,16). The summed E-state index contributed by atoms with van der Waals surface area (Å²) < 4.78 is 5.21. The van der Waals surface area contributed by atoms with Crippen LogP contribution in [0.3, 0.4) is 0 Å². The van der Waals surface area contributed by atoms with Crippen molar-refractivity contribution < 1.29 is 14.3 Å². The molecule has 1 rings (SSSR count). The molecule has 0 saturated carbocycles. The molecule has 17 heavy (non-hydrogen) atoms. The Hall–Kier alpha value is -1.81. The third kappa shape index (κ3) is 4.28. The summed E-state index contributed by atoms with van der Waals surface area (Å²) in [4.78, 5) is 22.0. The molecule has 0 aliphatic rings. The average Bonchev–Trinajstić information content (AvgIpc) is 2.34. The monoisotopic (exact) mass is 253 g/mol. The maximum Gasteiger partial charge on any atom is 0.258 e. The summed E-state index contributed by atoms with van der Waals surface area (Å²) in [5, 5.41) is 3.00. The summed E-state index contributed by atoms with van der Waals surface area (Å²) in [7, 11) is 0. The van der Waals surface area contributed by atoms with Crippen LogP contribution in [-0.4, -0.2) is 25.3 Å². The summed E-state index contributed by atoms with van der Waals surface area (Å²) in [6, 6.07) is 4.61. The van der Waals surface area contributed by atoms with Crippen LogP contribution in [0.15, 0.2) is 30.9 Å². The molecule has 5 heteroatoms. The van der Waals surface area contributed by atoms with E-state index in [1.807, 2.05) is 0 Å². The molecule has 90 valence electrons. The van der Waals surface area contributed by atoms with Crippen molar-refractivity contribution in [1.29, 1.82) is 0 Å². The normalized spacial score (nSPS) is 9.47. The van der Waals surface area contributed by atoms with E-state index in [1.54, 1.807) is 18.2 Å². The number of amides is 1. The number of benzene rings is 1. The lowest BCUT2D eigenvalue weighted by molar-refractivity contribution is -0.122. The molecule has 1 aromatic carbocycles. The van der Waals surface area contributed by atoms with Crippen molar-refractivity contribution >= 4 is 23.8 Å². The molecule has 0 bridgehead atoms. The van der Waals surface area contributed by atoms with Gasteiger partial charge in [0.05, 0.1) is 5.56 Å². The molecule has 1 amide bonds. The maximum absolute atomic E-state index is 11.2. The average molecular weight is 254 g/mol. The molecule has 0 saturated heterocycles. The predicted octanol–water partition coefficient (Wildman–Crippen LogP) is 1.83. The van der Waals surface area contributed by atoms with Crippen LogP contribution in [0.2, 0.25) is 5.02 Å². The Morgan fingerprint density at radius 1 is 1.53 bits per heavy atom. The van der Waals surface area contributed by atoms with E-state index in [0.29, 0.717) is 29.2 Å². The molecule has 1 N–H and O–H groups in total. The zero-order valence-electron chi connectivity index (χ0n) is 9.11. The van der Waals surface area contributed by atoms with Crippen LogP contribution in [0.1, 0.15) is 10.4 Å². The number of rotatable bonds is 6. The van der Waals surface area contributed by atoms with Crippen molar-refractivity contribution in [2.24, 2.45) is 0 Å². The van der Waals surface area contributed by atoms with Gasteiger partial charge in [-0.3, -0.25) is 9.59 Å². The van der Waals surface area contributed by atoms with Crippen molar-refractivity contribution in [3.63, 3.8) is 0 Å². The largest absolute Gasteiger partial charge is 0.483 e. The van der Waals surface area contributed by atoms with E-state index in [0.717, 1.165) is 0 Å². The molecule has 0 fully saturated rings. The van der Waals surface area contributed by atoms with Crippen LogP contribution in [0.25, 0.3) is 0 Å². The Kier molecular flexibility index (Phi) is 5.23. The first-order valence-corrected chi connectivity index (χ1v) is 5.30. The number of carbonyl (C=O) groups is 2. The predicted molar refractivity (Wildman–Crippen MR) is 65.5 cm³/mol. The molecule has 0 aliphatic heterocycles. The minimum Gasteiger partial charge on any atom is -0.483 e. The number of halogens is 1. The van der Waals surface area contributed by atoms with E-state index >= 15 is 0 Å². The van der Waals surface area contributed by atoms with Gasteiger partial charge in [0.25, 0.3) is 5.91 Å². The minimum atomic E-state index is -0.281. The van der Waals surface area contributed by atoms with Gasteiger partial charge in [0, 0.05) is 11.6 Å². The van der Waals surface area contributed by atoms with E-state index in [1.165, 1.54) is 6.07 Å². The number of hydrogen-bond donors (Lipinski definition) is 1. The van der Waals surface area contributed by atoms with Gasteiger partial charge in [-0.25, -0.2) is 0 Å². The number of hydrogen-bond acceptors (Lipinski definition) is 3. The third-order valence-corrected chi connectivity index (χ3v) is 2.14. The zero-order chi connectivity index (χ0) is 12.7. The van der Waals surface area contributed by atoms with Crippen LogP contribution in [-0.2, 0) is 4.79 Å². The third-order valence-electron chi connectivity index (χ3n) is 1.90. The van der Waals surface area contributed by atoms with Gasteiger partial charge in [-0.15, -0.1) is 6.58 Å². The second kappa shape index (κ2) is 6.70. The summed E-state index contributed by atoms with van der Waals surface area (Å²) in [6.45, 7) is 3.69. The van der Waals surface area contributed by atoms with Gasteiger partial charge in [0.2, 0.25) is 0 Å². The molecule has 0 atom stereocenters. The molecule has 0 spiro atoms. The van der Waals surface area contributed by atoms with Crippen LogP contribution in [0.4, 0.5) is 0 Å². The van der Waals surface area contributed by atoms with Crippen molar-refractivity contribution in [3.05, 3.63) is 41.4 Å². The molecule has 0 heterocycles. The fourth-order valence-corrected chi connectivity index (χ4v) is 1.30. The maximum atomic E-state index is 11.2. The summed E-state index contributed by atoms with van der Waals surface area (Å²) in [6.07, 6.45) is 2.19. The zero-order valence-corrected chi connectivity index (χ0v) is 9.87. The molecular weight excluding hydrogens is 242 g/mol. The van der Waals surface area contributed by atoms with Crippen LogP contribution in [0.5, 0.6) is 5.75 Å². The molecule has 4 nitrogen and oxygen atoms in total. The fourth-order valence-electron chi connectivity index (χ4n) is 1.12. The van der Waals surface area contributed by atoms with Crippen molar-refractivity contribution in [2.45, 2.75) is 0 Å². The lowest BCUT2D eigenvalue weighted by Crippen LogP contribution is -2.28. The second-order valence-electron chi connectivity index (χ2n) is 3.18. The lowest BCUT2D eigenvalue weighted by Gasteiger charge is -2.08. The molecule has 1 aromatic rings. The highest BCUT2D eigenvalue weighted by Gasteiger charge is 2.06. The highest BCUT2D eigenvalue weighted by atomic mass is 35.5. The molecule has 0 unspecified atom stereocenters. The summed E-state index contributed by atoms with van der Waals surface area (Å²) >= 11 is 5.72. The first-order chi connectivity index (χ1) is 8.17. The van der Waals surface area contributed by atoms with E-state index in [9.17, 15) is 9.59 Å². The van der Waals surface area contributed by atoms with E-state index in [4.69, 9.17) is 16.3 Å². The Balaban J connectivity index is 2.59. The first-order valence-electron chi connectivity index (χ1n) is 4.92. The number of carbonyl (C=O) groups excluding carboxylic acids is 2. The fraction of sp³-hybridized carbons (Fsp3) is 0.167. The van der Waals surface area contributed by atoms with E-state index in [-0.39, 0.29) is 12.5 Å². The minimum absolute atomic E-state index is 0.156.